The van der Waals surface area contributed by atoms with E-state index < -0.39 is 6.10 Å². The van der Waals surface area contributed by atoms with Crippen molar-refractivity contribution < 1.29 is 28.6 Å². The van der Waals surface area contributed by atoms with Crippen molar-refractivity contribution in [3.8, 4) is 0 Å². The summed E-state index contributed by atoms with van der Waals surface area (Å²) in [6.45, 7) is 6.50. The number of hydrogen-bond acceptors (Lipinski definition) is 6. The number of hydrogen-bond donors (Lipinski definition) is 0. The molecule has 6 nitrogen and oxygen atoms in total. The van der Waals surface area contributed by atoms with Gasteiger partial charge in [-0.3, -0.25) is 14.4 Å². The fraction of sp³-hybridized carbons (Fsp3) is 0.746. The highest BCUT2D eigenvalue weighted by atomic mass is 16.6. The molecular weight excluding hydrogens is 901 g/mol. The van der Waals surface area contributed by atoms with Gasteiger partial charge in [0, 0.05) is 19.3 Å². The Labute approximate surface area is 452 Å². The van der Waals surface area contributed by atoms with Crippen molar-refractivity contribution in [1.82, 2.24) is 0 Å². The normalized spacial score (nSPS) is 12.6. The summed E-state index contributed by atoms with van der Waals surface area (Å²) in [5, 5.41) is 0. The van der Waals surface area contributed by atoms with Crippen LogP contribution in [-0.2, 0) is 28.6 Å². The summed E-state index contributed by atoms with van der Waals surface area (Å²) in [6, 6.07) is 0. The molecular formula is C67H116O6. The zero-order chi connectivity index (χ0) is 52.9. The first-order valence-electron chi connectivity index (χ1n) is 31.1. The summed E-state index contributed by atoms with van der Waals surface area (Å²) in [6.07, 6.45) is 80.2. The van der Waals surface area contributed by atoms with Crippen LogP contribution in [-0.4, -0.2) is 37.2 Å². The minimum Gasteiger partial charge on any atom is -0.462 e. The van der Waals surface area contributed by atoms with Gasteiger partial charge in [0.05, 0.1) is 0 Å². The molecule has 0 N–H and O–H groups in total. The van der Waals surface area contributed by atoms with E-state index in [-0.39, 0.29) is 37.5 Å². The van der Waals surface area contributed by atoms with Crippen LogP contribution in [0.5, 0.6) is 0 Å². The summed E-state index contributed by atoms with van der Waals surface area (Å²) in [5.41, 5.74) is 0. The highest BCUT2D eigenvalue weighted by Crippen LogP contribution is 2.16. The van der Waals surface area contributed by atoms with Crippen molar-refractivity contribution in [2.45, 2.75) is 309 Å². The Balaban J connectivity index is 4.35. The zero-order valence-electron chi connectivity index (χ0n) is 48.1. The van der Waals surface area contributed by atoms with Gasteiger partial charge in [0.2, 0.25) is 0 Å². The maximum absolute atomic E-state index is 12.9. The summed E-state index contributed by atoms with van der Waals surface area (Å²) >= 11 is 0. The number of carbonyl (C=O) groups excluding carboxylic acids is 3. The van der Waals surface area contributed by atoms with Crippen LogP contribution >= 0.6 is 0 Å². The van der Waals surface area contributed by atoms with E-state index >= 15 is 0 Å². The molecule has 0 saturated heterocycles. The van der Waals surface area contributed by atoms with Crippen molar-refractivity contribution >= 4 is 17.9 Å². The van der Waals surface area contributed by atoms with E-state index in [1.807, 2.05) is 0 Å². The van der Waals surface area contributed by atoms with Gasteiger partial charge in [-0.1, -0.05) is 273 Å². The first-order chi connectivity index (χ1) is 36.0. The SMILES string of the molecule is CC/C=C\C/C=C\C/C=C\C/C=C\CCCCC(=O)OC(COC(=O)CCCCCCCCCCCC/C=C\C/C=C\C/C=C\CCCCCCC)COC(=O)CCCCCCCCCCCCCCCCC. The van der Waals surface area contributed by atoms with Crippen molar-refractivity contribution in [2.75, 3.05) is 13.2 Å². The molecule has 1 atom stereocenters. The van der Waals surface area contributed by atoms with Crippen molar-refractivity contribution in [3.05, 3.63) is 85.1 Å². The van der Waals surface area contributed by atoms with Crippen LogP contribution in [0.1, 0.15) is 303 Å². The Morgan fingerprint density at radius 2 is 0.534 bits per heavy atom. The molecule has 0 amide bonds. The number of rotatable bonds is 56. The molecule has 0 radical (unpaired) electrons. The fourth-order valence-corrected chi connectivity index (χ4v) is 8.74. The molecule has 0 aliphatic rings. The lowest BCUT2D eigenvalue weighted by atomic mass is 10.0. The average Bonchev–Trinajstić information content (AvgIpc) is 3.39. The topological polar surface area (TPSA) is 78.9 Å². The monoisotopic (exact) mass is 1020 g/mol. The van der Waals surface area contributed by atoms with E-state index in [2.05, 4.69) is 106 Å². The number of allylic oxidation sites excluding steroid dienone is 14. The van der Waals surface area contributed by atoms with Crippen LogP contribution in [0.15, 0.2) is 85.1 Å². The molecule has 0 rings (SSSR count). The van der Waals surface area contributed by atoms with E-state index in [1.165, 1.54) is 167 Å². The van der Waals surface area contributed by atoms with Gasteiger partial charge in [-0.05, 0) is 96.3 Å². The first kappa shape index (κ1) is 69.6. The minimum atomic E-state index is -0.799. The van der Waals surface area contributed by atoms with Crippen LogP contribution in [0.25, 0.3) is 0 Å². The third kappa shape index (κ3) is 59.3. The maximum atomic E-state index is 12.9. The number of unbranched alkanes of at least 4 members (excludes halogenated alkanes) is 31. The quantitative estimate of drug-likeness (QED) is 0.0261. The van der Waals surface area contributed by atoms with Crippen LogP contribution < -0.4 is 0 Å². The van der Waals surface area contributed by atoms with E-state index in [0.29, 0.717) is 19.3 Å². The predicted molar refractivity (Wildman–Crippen MR) is 316 cm³/mol. The average molecular weight is 1020 g/mol. The van der Waals surface area contributed by atoms with Gasteiger partial charge in [-0.25, -0.2) is 0 Å². The van der Waals surface area contributed by atoms with Gasteiger partial charge >= 0.3 is 17.9 Å². The summed E-state index contributed by atoms with van der Waals surface area (Å²) in [4.78, 5) is 38.2. The van der Waals surface area contributed by atoms with Gasteiger partial charge in [0.15, 0.2) is 6.10 Å². The number of esters is 3. The second-order valence-corrected chi connectivity index (χ2v) is 20.6. The van der Waals surface area contributed by atoms with Crippen molar-refractivity contribution in [3.63, 3.8) is 0 Å². The standard InChI is InChI=1S/C67H116O6/c1-4-7-10-13-16-19-22-25-28-29-30-31-32-33-34-35-36-37-40-42-45-48-51-54-57-60-66(69)72-63-64(73-67(70)61-58-55-52-49-46-43-39-27-24-21-18-15-12-9-6-3)62-71-65(68)59-56-53-50-47-44-41-38-26-23-20-17-14-11-8-5-2/h9,12,18,21-22,25,27,29-30,32-33,39,46,49,64H,4-8,10-11,13-17,19-20,23-24,26,28,31,34-38,40-45,47-48,50-63H2,1-3H3/b12-9-,21-18-,25-22-,30-29-,33-32-,39-27-,49-46-. The number of ether oxygens (including phenoxy) is 3. The van der Waals surface area contributed by atoms with Gasteiger partial charge in [0.1, 0.15) is 13.2 Å². The van der Waals surface area contributed by atoms with Crippen LogP contribution in [0.2, 0.25) is 0 Å². The molecule has 73 heavy (non-hydrogen) atoms. The lowest BCUT2D eigenvalue weighted by Crippen LogP contribution is -2.30. The Hall–Kier alpha value is -3.41. The molecule has 0 bridgehead atoms. The fourth-order valence-electron chi connectivity index (χ4n) is 8.74. The molecule has 0 aromatic carbocycles. The predicted octanol–water partition coefficient (Wildman–Crippen LogP) is 21.1. The lowest BCUT2D eigenvalue weighted by molar-refractivity contribution is -0.167. The number of carbonyl (C=O) groups is 3. The van der Waals surface area contributed by atoms with Gasteiger partial charge in [-0.15, -0.1) is 0 Å². The molecule has 0 aliphatic heterocycles. The second-order valence-electron chi connectivity index (χ2n) is 20.6. The van der Waals surface area contributed by atoms with Gasteiger partial charge in [0.25, 0.3) is 0 Å². The highest BCUT2D eigenvalue weighted by molar-refractivity contribution is 5.71. The van der Waals surface area contributed by atoms with Crippen LogP contribution in [0.4, 0.5) is 0 Å². The minimum absolute atomic E-state index is 0.0920. The van der Waals surface area contributed by atoms with Crippen LogP contribution in [0, 0.1) is 0 Å². The zero-order valence-corrected chi connectivity index (χ0v) is 48.1. The molecule has 0 saturated carbocycles. The summed E-state index contributed by atoms with van der Waals surface area (Å²) < 4.78 is 16.9. The first-order valence-corrected chi connectivity index (χ1v) is 31.1. The smallest absolute Gasteiger partial charge is 0.306 e. The molecule has 0 aliphatic carbocycles. The molecule has 0 fully saturated rings. The molecule has 1 unspecified atom stereocenters. The lowest BCUT2D eigenvalue weighted by Gasteiger charge is -2.18. The van der Waals surface area contributed by atoms with E-state index in [1.54, 1.807) is 0 Å². The van der Waals surface area contributed by atoms with Crippen molar-refractivity contribution in [2.24, 2.45) is 0 Å². The maximum Gasteiger partial charge on any atom is 0.306 e. The molecule has 420 valence electrons. The largest absolute Gasteiger partial charge is 0.462 e. The van der Waals surface area contributed by atoms with E-state index in [9.17, 15) is 14.4 Å². The Morgan fingerprint density at radius 3 is 0.863 bits per heavy atom. The molecule has 0 heterocycles. The third-order valence-corrected chi connectivity index (χ3v) is 13.4. The molecule has 6 heteroatoms. The summed E-state index contributed by atoms with van der Waals surface area (Å²) in [5.74, 6) is -0.927. The van der Waals surface area contributed by atoms with Gasteiger partial charge in [-0.2, -0.15) is 0 Å². The summed E-state index contributed by atoms with van der Waals surface area (Å²) in [7, 11) is 0. The Bertz CT molecular complexity index is 1400. The van der Waals surface area contributed by atoms with E-state index in [4.69, 9.17) is 14.2 Å². The second kappa shape index (κ2) is 61.1. The molecule has 0 spiro atoms. The molecule has 0 aromatic heterocycles. The van der Waals surface area contributed by atoms with Crippen LogP contribution in [0.3, 0.4) is 0 Å². The van der Waals surface area contributed by atoms with Crippen molar-refractivity contribution in [1.29, 1.82) is 0 Å². The van der Waals surface area contributed by atoms with E-state index in [0.717, 1.165) is 89.9 Å². The Morgan fingerprint density at radius 1 is 0.288 bits per heavy atom. The molecule has 0 aromatic rings. The Kier molecular flexibility index (Phi) is 58.3. The highest BCUT2D eigenvalue weighted by Gasteiger charge is 2.19. The third-order valence-electron chi connectivity index (χ3n) is 13.4. The van der Waals surface area contributed by atoms with Gasteiger partial charge < -0.3 is 14.2 Å².